The Kier molecular flexibility index (Phi) is 3.12. The van der Waals surface area contributed by atoms with E-state index in [1.807, 2.05) is 19.9 Å². The number of benzene rings is 1. The summed E-state index contributed by atoms with van der Waals surface area (Å²) in [6.45, 7) is 8.28. The van der Waals surface area contributed by atoms with E-state index in [9.17, 15) is 5.11 Å². The van der Waals surface area contributed by atoms with Gasteiger partial charge in [0.2, 0.25) is 0 Å². The molecule has 1 aliphatic carbocycles. The van der Waals surface area contributed by atoms with E-state index in [-0.39, 0.29) is 11.6 Å². The van der Waals surface area contributed by atoms with Gasteiger partial charge >= 0.3 is 0 Å². The van der Waals surface area contributed by atoms with Crippen molar-refractivity contribution in [3.63, 3.8) is 0 Å². The van der Waals surface area contributed by atoms with Gasteiger partial charge in [0.1, 0.15) is 5.75 Å². The molecule has 0 heterocycles. The predicted molar refractivity (Wildman–Crippen MR) is 74.7 cm³/mol. The number of nitrogens with one attached hydrogen (secondary N) is 1. The Morgan fingerprint density at radius 3 is 2.67 bits per heavy atom. The maximum absolute atomic E-state index is 10.1. The van der Waals surface area contributed by atoms with Gasteiger partial charge in [0.05, 0.1) is 5.54 Å². The molecule has 1 aromatic carbocycles. The third-order valence-electron chi connectivity index (χ3n) is 3.81. The largest absolute Gasteiger partial charge is 0.508 e. The van der Waals surface area contributed by atoms with E-state index in [4.69, 9.17) is 6.42 Å². The summed E-state index contributed by atoms with van der Waals surface area (Å²) in [6, 6.07) is 3.91. The van der Waals surface area contributed by atoms with Crippen LogP contribution < -0.4 is 5.32 Å². The smallest absolute Gasteiger partial charge is 0.120 e. The average molecular weight is 243 g/mol. The predicted octanol–water partition coefficient (Wildman–Crippen LogP) is 3.25. The van der Waals surface area contributed by atoms with Crippen molar-refractivity contribution in [1.82, 2.24) is 5.32 Å². The summed E-state index contributed by atoms with van der Waals surface area (Å²) in [5.74, 6) is 3.59. The molecular weight excluding hydrogens is 222 g/mol. The second kappa shape index (κ2) is 4.33. The van der Waals surface area contributed by atoms with Gasteiger partial charge in [-0.05, 0) is 50.3 Å². The van der Waals surface area contributed by atoms with Crippen molar-refractivity contribution in [2.75, 3.05) is 0 Å². The van der Waals surface area contributed by atoms with Crippen LogP contribution in [-0.2, 0) is 0 Å². The molecule has 18 heavy (non-hydrogen) atoms. The number of aryl methyl sites for hydroxylation is 1. The number of terminal acetylenes is 1. The van der Waals surface area contributed by atoms with Crippen molar-refractivity contribution < 1.29 is 5.11 Å². The number of fused-ring (bicyclic) bond motifs is 1. The highest BCUT2D eigenvalue weighted by Gasteiger charge is 2.34. The Bertz CT molecular complexity index is 511. The van der Waals surface area contributed by atoms with Gasteiger partial charge in [-0.1, -0.05) is 18.9 Å². The molecule has 0 spiro atoms. The number of hydrogen-bond acceptors (Lipinski definition) is 2. The minimum atomic E-state index is -0.359. The fourth-order valence-corrected chi connectivity index (χ4v) is 2.95. The van der Waals surface area contributed by atoms with Crippen LogP contribution in [-0.4, -0.2) is 10.6 Å². The molecule has 96 valence electrons. The van der Waals surface area contributed by atoms with Crippen molar-refractivity contribution in [2.24, 2.45) is 0 Å². The van der Waals surface area contributed by atoms with Crippen LogP contribution in [0.1, 0.15) is 55.8 Å². The highest BCUT2D eigenvalue weighted by Crippen LogP contribution is 2.46. The summed E-state index contributed by atoms with van der Waals surface area (Å²) in [7, 11) is 0. The van der Waals surface area contributed by atoms with Crippen molar-refractivity contribution in [3.8, 4) is 18.1 Å². The highest BCUT2D eigenvalue weighted by molar-refractivity contribution is 5.51. The van der Waals surface area contributed by atoms with E-state index >= 15 is 0 Å². The maximum Gasteiger partial charge on any atom is 0.120 e. The van der Waals surface area contributed by atoms with Crippen LogP contribution in [0.5, 0.6) is 5.75 Å². The van der Waals surface area contributed by atoms with Crippen molar-refractivity contribution in [1.29, 1.82) is 0 Å². The molecule has 1 aromatic rings. The third kappa shape index (κ3) is 2.11. The molecule has 0 aliphatic heterocycles. The van der Waals surface area contributed by atoms with Gasteiger partial charge in [-0.3, -0.25) is 5.32 Å². The normalized spacial score (nSPS) is 22.6. The lowest BCUT2D eigenvalue weighted by atomic mass is 9.97. The van der Waals surface area contributed by atoms with Gasteiger partial charge in [-0.25, -0.2) is 0 Å². The third-order valence-corrected chi connectivity index (χ3v) is 3.81. The van der Waals surface area contributed by atoms with Crippen LogP contribution in [0.2, 0.25) is 0 Å². The number of phenols is 1. The van der Waals surface area contributed by atoms with Gasteiger partial charge in [0.25, 0.3) is 0 Å². The molecule has 2 heteroatoms. The van der Waals surface area contributed by atoms with Gasteiger partial charge in [-0.2, -0.15) is 0 Å². The lowest BCUT2D eigenvalue weighted by Crippen LogP contribution is -2.39. The van der Waals surface area contributed by atoms with E-state index in [2.05, 4.69) is 25.1 Å². The molecule has 0 bridgehead atoms. The zero-order valence-electron chi connectivity index (χ0n) is 11.5. The monoisotopic (exact) mass is 243 g/mol. The molecule has 0 saturated carbocycles. The number of hydrogen-bond donors (Lipinski definition) is 2. The quantitative estimate of drug-likeness (QED) is 0.781. The lowest BCUT2D eigenvalue weighted by Gasteiger charge is -2.26. The molecule has 0 aromatic heterocycles. The lowest BCUT2D eigenvalue weighted by molar-refractivity contribution is 0.387. The zero-order chi connectivity index (χ0) is 13.5. The minimum Gasteiger partial charge on any atom is -0.508 e. The van der Waals surface area contributed by atoms with Crippen molar-refractivity contribution >= 4 is 0 Å². The first-order valence-electron chi connectivity index (χ1n) is 6.43. The summed E-state index contributed by atoms with van der Waals surface area (Å²) in [4.78, 5) is 0. The average Bonchev–Trinajstić information content (AvgIpc) is 2.61. The van der Waals surface area contributed by atoms with Crippen LogP contribution in [0.3, 0.4) is 0 Å². The molecule has 2 unspecified atom stereocenters. The van der Waals surface area contributed by atoms with Crippen LogP contribution in [0.25, 0.3) is 0 Å². The SMILES string of the molecule is C#CC(C)(C)NC1CC(C)c2c(C)ccc(O)c21. The molecule has 2 N–H and O–H groups in total. The van der Waals surface area contributed by atoms with Gasteiger partial charge < -0.3 is 5.11 Å². The molecule has 0 fully saturated rings. The van der Waals surface area contributed by atoms with E-state index < -0.39 is 0 Å². The Balaban J connectivity index is 2.42. The summed E-state index contributed by atoms with van der Waals surface area (Å²) < 4.78 is 0. The molecular formula is C16H21NO. The Morgan fingerprint density at radius 1 is 1.39 bits per heavy atom. The number of phenolic OH excluding ortho intramolecular Hbond substituents is 1. The molecule has 0 amide bonds. The van der Waals surface area contributed by atoms with E-state index in [1.54, 1.807) is 6.07 Å². The summed E-state index contributed by atoms with van der Waals surface area (Å²) in [5, 5.41) is 13.6. The molecule has 0 radical (unpaired) electrons. The Morgan fingerprint density at radius 2 is 2.06 bits per heavy atom. The molecule has 2 nitrogen and oxygen atoms in total. The fourth-order valence-electron chi connectivity index (χ4n) is 2.95. The van der Waals surface area contributed by atoms with E-state index in [1.165, 1.54) is 11.1 Å². The van der Waals surface area contributed by atoms with E-state index in [0.29, 0.717) is 11.7 Å². The maximum atomic E-state index is 10.1. The molecule has 2 atom stereocenters. The first-order valence-corrected chi connectivity index (χ1v) is 6.43. The van der Waals surface area contributed by atoms with Gasteiger partial charge in [-0.15, -0.1) is 6.42 Å². The summed E-state index contributed by atoms with van der Waals surface area (Å²) in [5.41, 5.74) is 3.20. The number of rotatable bonds is 2. The Labute approximate surface area is 109 Å². The second-order valence-corrected chi connectivity index (χ2v) is 5.83. The summed E-state index contributed by atoms with van der Waals surface area (Å²) >= 11 is 0. The zero-order valence-corrected chi connectivity index (χ0v) is 11.5. The Hall–Kier alpha value is -1.46. The molecule has 0 saturated heterocycles. The molecule has 1 aliphatic rings. The first kappa shape index (κ1) is 13.0. The van der Waals surface area contributed by atoms with Crippen molar-refractivity contribution in [2.45, 2.75) is 51.6 Å². The van der Waals surface area contributed by atoms with Gasteiger partial charge in [0, 0.05) is 11.6 Å². The number of aromatic hydroxyl groups is 1. The van der Waals surface area contributed by atoms with Crippen LogP contribution in [0.15, 0.2) is 12.1 Å². The summed E-state index contributed by atoms with van der Waals surface area (Å²) in [6.07, 6.45) is 6.52. The minimum absolute atomic E-state index is 0.140. The van der Waals surface area contributed by atoms with Crippen LogP contribution >= 0.6 is 0 Å². The van der Waals surface area contributed by atoms with Crippen LogP contribution in [0.4, 0.5) is 0 Å². The molecule has 2 rings (SSSR count). The topological polar surface area (TPSA) is 32.3 Å². The van der Waals surface area contributed by atoms with E-state index in [0.717, 1.165) is 12.0 Å². The standard InChI is InChI=1S/C16H21NO/c1-6-16(4,5)17-12-9-11(3)14-10(2)7-8-13(18)15(12)14/h1,7-8,11-12,17-18H,9H2,2-5H3. The van der Waals surface area contributed by atoms with Crippen molar-refractivity contribution in [3.05, 3.63) is 28.8 Å². The second-order valence-electron chi connectivity index (χ2n) is 5.83. The first-order chi connectivity index (χ1) is 8.35. The van der Waals surface area contributed by atoms with Gasteiger partial charge in [0.15, 0.2) is 0 Å². The highest BCUT2D eigenvalue weighted by atomic mass is 16.3. The fraction of sp³-hybridized carbons (Fsp3) is 0.500. The van der Waals surface area contributed by atoms with Crippen LogP contribution in [0, 0.1) is 19.3 Å².